The van der Waals surface area contributed by atoms with E-state index in [0.29, 0.717) is 105 Å². The SMILES string of the molecule is C.CCC(C)(C)C(=O)OC12CC3C4CC5(C(=O)OC6(C)CCCC6)CC3C(C1)C(C5)C4C2.CCC(C)(C)C(=O)OC12CC3CC(C1)C(CC(=O)OC(C)(C)C)(OC(C)=O)C(C3)C2.CCC(C)(C)C(=O)OC1C(O)C2CC(C(=O)OC(C)(C)C)C1C2.CCC(C)(C)C(=O)OC1CC2CC(C(=O)OC(C)(C)C3CCCCC3)C1C2.CCC(C)(C)C(=O)OC1CC2CC1C(C(=O)OC(C)(C)C)C2C(=O)OC(C)(C)C. The summed E-state index contributed by atoms with van der Waals surface area (Å²) in [6.45, 7) is 58.7. The smallest absolute Gasteiger partial charge is 0.312 e. The Morgan fingerprint density at radius 2 is 0.745 bits per heavy atom. The molecule has 16 unspecified atom stereocenters. The van der Waals surface area contributed by atoms with Crippen LogP contribution in [0.25, 0.3) is 0 Å². The number of rotatable bonds is 26. The van der Waals surface area contributed by atoms with E-state index in [9.17, 15) is 62.6 Å². The summed E-state index contributed by atoms with van der Waals surface area (Å²) in [5, 5.41) is 10.4. The lowest BCUT2D eigenvalue weighted by molar-refractivity contribution is -0.283. The Labute approximate surface area is 846 Å². The molecule has 0 saturated heterocycles. The molecule has 0 aromatic carbocycles. The van der Waals surface area contributed by atoms with Gasteiger partial charge in [0.15, 0.2) is 0 Å². The number of esters is 12. The average molecular weight is 1980 g/mol. The van der Waals surface area contributed by atoms with E-state index in [0.717, 1.165) is 122 Å². The maximum atomic E-state index is 13.6. The van der Waals surface area contributed by atoms with Crippen molar-refractivity contribution in [2.75, 3.05) is 0 Å². The zero-order valence-electron chi connectivity index (χ0n) is 91.9. The molecule has 0 radical (unpaired) electrons. The van der Waals surface area contributed by atoms with E-state index >= 15 is 0 Å². The first-order chi connectivity index (χ1) is 64.4. The molecule has 16 atom stereocenters. The van der Waals surface area contributed by atoms with Crippen LogP contribution < -0.4 is 0 Å². The summed E-state index contributed by atoms with van der Waals surface area (Å²) < 4.78 is 70.6. The quantitative estimate of drug-likeness (QED) is 0.0621. The van der Waals surface area contributed by atoms with Crippen molar-refractivity contribution < 1.29 is 119 Å². The molecule has 19 aliphatic carbocycles. The fourth-order valence-corrected chi connectivity index (χ4v) is 28.4. The summed E-state index contributed by atoms with van der Waals surface area (Å²) >= 11 is 0. The van der Waals surface area contributed by atoms with Gasteiger partial charge in [-0.25, -0.2) is 0 Å². The normalized spacial score (nSPS) is 35.7. The van der Waals surface area contributed by atoms with Gasteiger partial charge in [0.25, 0.3) is 0 Å². The predicted octanol–water partition coefficient (Wildman–Crippen LogP) is 23.2. The minimum absolute atomic E-state index is 0. The average Bonchev–Trinajstić information content (AvgIpc) is 1.02. The molecule has 0 heterocycles. The van der Waals surface area contributed by atoms with Crippen LogP contribution in [0.15, 0.2) is 0 Å². The van der Waals surface area contributed by atoms with Crippen LogP contribution in [0.5, 0.6) is 0 Å². The molecule has 19 fully saturated rings. The van der Waals surface area contributed by atoms with Gasteiger partial charge in [-0.1, -0.05) is 61.3 Å². The van der Waals surface area contributed by atoms with Crippen LogP contribution in [0.2, 0.25) is 0 Å². The Hall–Kier alpha value is -6.40. The summed E-state index contributed by atoms with van der Waals surface area (Å²) in [5.41, 5.74) is -7.36. The molecular weight excluding hydrogens is 1790 g/mol. The fourth-order valence-electron chi connectivity index (χ4n) is 28.4. The van der Waals surface area contributed by atoms with Crippen LogP contribution in [-0.2, 0) is 114 Å². The minimum Gasteiger partial charge on any atom is -0.462 e. The van der Waals surface area contributed by atoms with Crippen molar-refractivity contribution in [1.82, 2.24) is 0 Å². The topological polar surface area (TPSA) is 336 Å². The van der Waals surface area contributed by atoms with Crippen molar-refractivity contribution in [2.45, 2.75) is 509 Å². The maximum Gasteiger partial charge on any atom is 0.312 e. The second kappa shape index (κ2) is 42.0. The van der Waals surface area contributed by atoms with Gasteiger partial charge in [-0.3, -0.25) is 57.5 Å². The first kappa shape index (κ1) is 115. The standard InChI is InChI=1S/C27H40O4.C24H38O6.C23H38O6.C23H38O4.C18H30O5.CH4/c1-5-24(2,3)22(28)31-27-13-19-16-10-26(23(29)30-25(4)8-6-7-9-25)11-17(19)21(15-27)18(12-26)20(16)14-27;1-8-22(6,7)20(27)30-23-11-16-9-17(12-23)24(28-15(2)25,18(10-16)13-23)14-19(26)29-21(3,4)5;1-10-23(8,9)20(26)27-15-12-13-11-14(15)17(19(25)29-22(5,6)7)16(13)18(24)28-21(2,3)4;1-6-22(2,3)21(25)26-19-14-15-12-17(19)18(13-15)20(24)27-23(4,5)16-10-8-7-9-11-16;1-7-18(5,6)16(21)22-14-11-8-10(13(14)19)9-12(11)15(20)23-17(2,3)4;/h16-21H,5-15H2,1-4H3;16-18H,8-14H2,1-7H3;13-17H,10-12H2,1-9H3;15-19H,6-14H2,1-5H3;10-14,19H,7-9H2,1-6H3;1H4. The molecular formula is C116H188O25. The summed E-state index contributed by atoms with van der Waals surface area (Å²) in [6, 6.07) is 0. The fraction of sp³-hybridized carbons (Fsp3) is 0.897. The summed E-state index contributed by atoms with van der Waals surface area (Å²) in [5.74, 6) is 0.928. The largest absolute Gasteiger partial charge is 0.462 e. The molecule has 0 amide bonds. The highest BCUT2D eigenvalue weighted by Crippen LogP contribution is 2.76. The van der Waals surface area contributed by atoms with Crippen molar-refractivity contribution in [2.24, 2.45) is 151 Å². The molecule has 19 aliphatic rings. The highest BCUT2D eigenvalue weighted by molar-refractivity contribution is 5.85. The van der Waals surface area contributed by atoms with Crippen LogP contribution in [0.4, 0.5) is 0 Å². The molecule has 802 valence electrons. The molecule has 1 N–H and O–H groups in total. The third-order valence-corrected chi connectivity index (χ3v) is 37.6. The predicted molar refractivity (Wildman–Crippen MR) is 534 cm³/mol. The Kier molecular flexibility index (Phi) is 34.2. The highest BCUT2D eigenvalue weighted by Gasteiger charge is 2.75. The molecule has 141 heavy (non-hydrogen) atoms. The van der Waals surface area contributed by atoms with Crippen molar-refractivity contribution in [3.8, 4) is 0 Å². The monoisotopic (exact) mass is 1980 g/mol. The van der Waals surface area contributed by atoms with E-state index in [2.05, 4.69) is 27.7 Å². The molecule has 0 aromatic heterocycles. The lowest BCUT2D eigenvalue weighted by Gasteiger charge is -2.73. The zero-order valence-corrected chi connectivity index (χ0v) is 91.9. The van der Waals surface area contributed by atoms with Gasteiger partial charge in [-0.05, 0) is 424 Å². The van der Waals surface area contributed by atoms with Gasteiger partial charge in [-0.2, -0.15) is 0 Å². The van der Waals surface area contributed by atoms with E-state index in [4.69, 9.17) is 56.8 Å². The number of carbonyl (C=O) groups excluding carboxylic acids is 12. The summed E-state index contributed by atoms with van der Waals surface area (Å²) in [6.07, 6.45) is 28.0. The number of fused-ring (bicyclic) bond motifs is 6. The Balaban J connectivity index is 0.000000169. The van der Waals surface area contributed by atoms with Crippen LogP contribution in [0.1, 0.15) is 434 Å². The van der Waals surface area contributed by atoms with Crippen molar-refractivity contribution >= 4 is 71.6 Å². The highest BCUT2D eigenvalue weighted by atomic mass is 16.6. The Bertz CT molecular complexity index is 4420. The van der Waals surface area contributed by atoms with Gasteiger partial charge < -0.3 is 61.9 Å². The number of hydrogen-bond donors (Lipinski definition) is 1. The van der Waals surface area contributed by atoms with Crippen LogP contribution in [0.3, 0.4) is 0 Å². The third-order valence-electron chi connectivity index (χ3n) is 37.6. The lowest BCUT2D eigenvalue weighted by Crippen LogP contribution is -2.71. The van der Waals surface area contributed by atoms with E-state index in [-0.39, 0.29) is 162 Å². The van der Waals surface area contributed by atoms with E-state index in [1.807, 2.05) is 180 Å². The summed E-state index contributed by atoms with van der Waals surface area (Å²) in [4.78, 5) is 153. The number of aliphatic hydroxyl groups is 1. The van der Waals surface area contributed by atoms with Crippen LogP contribution >= 0.6 is 0 Å². The van der Waals surface area contributed by atoms with Gasteiger partial charge in [0.1, 0.15) is 68.7 Å². The Morgan fingerprint density at radius 1 is 0.348 bits per heavy atom. The minimum atomic E-state index is -0.860. The number of hydrogen-bond acceptors (Lipinski definition) is 25. The third kappa shape index (κ3) is 25.3. The van der Waals surface area contributed by atoms with E-state index < -0.39 is 96.3 Å². The van der Waals surface area contributed by atoms with Gasteiger partial charge >= 0.3 is 71.6 Å². The first-order valence-electron chi connectivity index (χ1n) is 54.8. The van der Waals surface area contributed by atoms with E-state index in [1.54, 1.807) is 0 Å². The molecule has 25 heteroatoms. The van der Waals surface area contributed by atoms with Crippen molar-refractivity contribution in [3.05, 3.63) is 0 Å². The zero-order chi connectivity index (χ0) is 104. The van der Waals surface area contributed by atoms with E-state index in [1.165, 1.54) is 39.0 Å². The molecule has 0 aliphatic heterocycles. The molecule has 0 aromatic rings. The number of carbonyl (C=O) groups is 12. The lowest BCUT2D eigenvalue weighted by atomic mass is 9.32. The second-order valence-electron chi connectivity index (χ2n) is 55.0. The van der Waals surface area contributed by atoms with Crippen LogP contribution in [0, 0.1) is 151 Å². The van der Waals surface area contributed by atoms with Gasteiger partial charge in [-0.15, -0.1) is 0 Å². The molecule has 0 spiro atoms. The van der Waals surface area contributed by atoms with Crippen LogP contribution in [-0.4, -0.2) is 152 Å². The first-order valence-corrected chi connectivity index (χ1v) is 54.8. The maximum absolute atomic E-state index is 13.6. The van der Waals surface area contributed by atoms with Gasteiger partial charge in [0.05, 0.1) is 68.7 Å². The second-order valence-corrected chi connectivity index (χ2v) is 55.0. The van der Waals surface area contributed by atoms with Crippen molar-refractivity contribution in [3.63, 3.8) is 0 Å². The molecule has 19 saturated carbocycles. The molecule has 19 rings (SSSR count). The number of aliphatic hydroxyl groups excluding tert-OH is 1. The van der Waals surface area contributed by atoms with Gasteiger partial charge in [0, 0.05) is 36.5 Å². The number of ether oxygens (including phenoxy) is 12. The summed E-state index contributed by atoms with van der Waals surface area (Å²) in [7, 11) is 0. The van der Waals surface area contributed by atoms with Gasteiger partial charge in [0.2, 0.25) is 0 Å². The van der Waals surface area contributed by atoms with Crippen molar-refractivity contribution in [1.29, 1.82) is 0 Å². The molecule has 18 bridgehead atoms. The Morgan fingerprint density at radius 3 is 1.18 bits per heavy atom. The molecule has 25 nitrogen and oxygen atoms in total.